The molecule has 7 heteroatoms. The molecule has 3 heterocycles. The molecule has 3 aliphatic rings. The van der Waals surface area contributed by atoms with Crippen molar-refractivity contribution in [2.75, 3.05) is 24.3 Å². The summed E-state index contributed by atoms with van der Waals surface area (Å²) in [6.07, 6.45) is 4.50. The minimum absolute atomic E-state index is 0. The van der Waals surface area contributed by atoms with Gasteiger partial charge in [-0.3, -0.25) is 9.59 Å². The van der Waals surface area contributed by atoms with Gasteiger partial charge < -0.3 is 20.4 Å². The Morgan fingerprint density at radius 3 is 2.54 bits per heavy atom. The molecule has 26 heavy (non-hydrogen) atoms. The molecule has 0 saturated carbocycles. The summed E-state index contributed by atoms with van der Waals surface area (Å²) in [5.74, 6) is -0.00694. The molecule has 4 rings (SSSR count). The monoisotopic (exact) mass is 378 g/mol. The molecular weight excluding hydrogens is 352 g/mol. The number of nitrogens with zero attached hydrogens (tertiary/aromatic N) is 2. The zero-order valence-corrected chi connectivity index (χ0v) is 16.3. The van der Waals surface area contributed by atoms with E-state index in [9.17, 15) is 9.59 Å². The zero-order chi connectivity index (χ0) is 17.7. The first kappa shape index (κ1) is 19.0. The van der Waals surface area contributed by atoms with E-state index in [4.69, 9.17) is 0 Å². The highest BCUT2D eigenvalue weighted by atomic mass is 35.5. The largest absolute Gasteiger partial charge is 0.361 e. The molecule has 3 atom stereocenters. The molecule has 0 aliphatic carbocycles. The van der Waals surface area contributed by atoms with E-state index in [1.165, 1.54) is 12.8 Å². The van der Waals surface area contributed by atoms with Crippen LogP contribution in [0.2, 0.25) is 0 Å². The normalized spacial score (nSPS) is 29.5. The summed E-state index contributed by atoms with van der Waals surface area (Å²) < 4.78 is 0. The summed E-state index contributed by atoms with van der Waals surface area (Å²) in [5, 5.41) is 6.53. The van der Waals surface area contributed by atoms with Crippen LogP contribution in [-0.4, -0.2) is 55.0 Å². The number of amides is 2. The number of hydrogen-bond donors (Lipinski definition) is 2. The molecule has 142 valence electrons. The minimum Gasteiger partial charge on any atom is -0.361 e. The van der Waals surface area contributed by atoms with Crippen LogP contribution in [0.25, 0.3) is 0 Å². The maximum atomic E-state index is 13.0. The zero-order valence-electron chi connectivity index (χ0n) is 15.5. The quantitative estimate of drug-likeness (QED) is 0.828. The molecular formula is C19H27ClN4O2. The Morgan fingerprint density at radius 2 is 1.88 bits per heavy atom. The highest BCUT2D eigenvalue weighted by Gasteiger charge is 2.36. The maximum Gasteiger partial charge on any atom is 0.253 e. The third-order valence-electron chi connectivity index (χ3n) is 6.16. The van der Waals surface area contributed by atoms with Gasteiger partial charge in [-0.2, -0.15) is 0 Å². The van der Waals surface area contributed by atoms with Crippen LogP contribution < -0.4 is 15.5 Å². The number of fused-ring (bicyclic) bond motifs is 3. The second kappa shape index (κ2) is 7.08. The van der Waals surface area contributed by atoms with Crippen molar-refractivity contribution in [2.24, 2.45) is 0 Å². The van der Waals surface area contributed by atoms with Crippen molar-refractivity contribution in [3.63, 3.8) is 0 Å². The Hall–Kier alpha value is -1.79. The first-order valence-corrected chi connectivity index (χ1v) is 9.15. The van der Waals surface area contributed by atoms with Gasteiger partial charge in [0.1, 0.15) is 6.04 Å². The van der Waals surface area contributed by atoms with Gasteiger partial charge in [0.05, 0.1) is 11.4 Å². The third-order valence-corrected chi connectivity index (χ3v) is 6.16. The summed E-state index contributed by atoms with van der Waals surface area (Å²) in [6.45, 7) is 1.87. The van der Waals surface area contributed by atoms with Gasteiger partial charge in [-0.25, -0.2) is 0 Å². The SMILES string of the molecule is CC1C(=O)Nc2cc(C(=O)N(C)C3CC4CCC(C3)N4)ccc2N1C.Cl. The molecule has 3 aliphatic heterocycles. The smallest absolute Gasteiger partial charge is 0.253 e. The van der Waals surface area contributed by atoms with E-state index >= 15 is 0 Å². The molecule has 0 spiro atoms. The van der Waals surface area contributed by atoms with Crippen LogP contribution in [-0.2, 0) is 4.79 Å². The fraction of sp³-hybridized carbons (Fsp3) is 0.579. The van der Waals surface area contributed by atoms with Crippen molar-refractivity contribution in [3.8, 4) is 0 Å². The number of piperidine rings is 1. The summed E-state index contributed by atoms with van der Waals surface area (Å²) in [4.78, 5) is 28.9. The molecule has 6 nitrogen and oxygen atoms in total. The van der Waals surface area contributed by atoms with E-state index in [2.05, 4.69) is 10.6 Å². The Kier molecular flexibility index (Phi) is 5.17. The Bertz CT molecular complexity index is 713. The van der Waals surface area contributed by atoms with E-state index in [1.54, 1.807) is 0 Å². The van der Waals surface area contributed by atoms with Crippen LogP contribution in [0.3, 0.4) is 0 Å². The van der Waals surface area contributed by atoms with Gasteiger partial charge in [0.2, 0.25) is 5.91 Å². The van der Waals surface area contributed by atoms with Gasteiger partial charge in [-0.05, 0) is 50.8 Å². The number of benzene rings is 1. The van der Waals surface area contributed by atoms with E-state index in [0.717, 1.165) is 24.2 Å². The lowest BCUT2D eigenvalue weighted by Crippen LogP contribution is -2.48. The number of carbonyl (C=O) groups excluding carboxylic acids is 2. The number of anilines is 2. The predicted octanol–water partition coefficient (Wildman–Crippen LogP) is 2.24. The highest BCUT2D eigenvalue weighted by Crippen LogP contribution is 2.33. The molecule has 2 saturated heterocycles. The van der Waals surface area contributed by atoms with Gasteiger partial charge >= 0.3 is 0 Å². The average Bonchev–Trinajstić information content (AvgIpc) is 2.96. The number of rotatable bonds is 2. The van der Waals surface area contributed by atoms with Crippen molar-refractivity contribution < 1.29 is 9.59 Å². The Labute approximate surface area is 160 Å². The molecule has 3 unspecified atom stereocenters. The van der Waals surface area contributed by atoms with Crippen LogP contribution in [0.5, 0.6) is 0 Å². The maximum absolute atomic E-state index is 13.0. The van der Waals surface area contributed by atoms with Gasteiger partial charge in [0.25, 0.3) is 5.91 Å². The van der Waals surface area contributed by atoms with Crippen LogP contribution in [0.4, 0.5) is 11.4 Å². The predicted molar refractivity (Wildman–Crippen MR) is 105 cm³/mol. The number of likely N-dealkylation sites (N-methyl/N-ethyl adjacent to an activating group) is 1. The lowest BCUT2D eigenvalue weighted by Gasteiger charge is -2.36. The van der Waals surface area contributed by atoms with Crippen molar-refractivity contribution in [1.82, 2.24) is 10.2 Å². The van der Waals surface area contributed by atoms with Crippen LogP contribution in [0, 0.1) is 0 Å². The molecule has 0 radical (unpaired) electrons. The van der Waals surface area contributed by atoms with Gasteiger partial charge in [0.15, 0.2) is 0 Å². The van der Waals surface area contributed by atoms with Crippen molar-refractivity contribution >= 4 is 35.6 Å². The molecule has 2 amide bonds. The lowest BCUT2D eigenvalue weighted by molar-refractivity contribution is -0.117. The van der Waals surface area contributed by atoms with E-state index in [0.29, 0.717) is 23.7 Å². The van der Waals surface area contributed by atoms with Crippen LogP contribution in [0.1, 0.15) is 43.0 Å². The van der Waals surface area contributed by atoms with E-state index in [1.807, 2.05) is 49.0 Å². The van der Waals surface area contributed by atoms with Crippen molar-refractivity contribution in [2.45, 2.75) is 56.8 Å². The molecule has 0 aromatic heterocycles. The fourth-order valence-electron chi connectivity index (χ4n) is 4.41. The number of halogens is 1. The van der Waals surface area contributed by atoms with Gasteiger partial charge in [-0.1, -0.05) is 0 Å². The summed E-state index contributed by atoms with van der Waals surface area (Å²) >= 11 is 0. The lowest BCUT2D eigenvalue weighted by atomic mass is 9.97. The number of nitrogens with one attached hydrogen (secondary N) is 2. The van der Waals surface area contributed by atoms with E-state index in [-0.39, 0.29) is 30.3 Å². The second-order valence-corrected chi connectivity index (χ2v) is 7.69. The van der Waals surface area contributed by atoms with Gasteiger partial charge in [-0.15, -0.1) is 12.4 Å². The fourth-order valence-corrected chi connectivity index (χ4v) is 4.41. The van der Waals surface area contributed by atoms with Crippen molar-refractivity contribution in [3.05, 3.63) is 23.8 Å². The van der Waals surface area contributed by atoms with Crippen molar-refractivity contribution in [1.29, 1.82) is 0 Å². The second-order valence-electron chi connectivity index (χ2n) is 7.69. The summed E-state index contributed by atoms with van der Waals surface area (Å²) in [7, 11) is 3.81. The first-order chi connectivity index (χ1) is 11.9. The van der Waals surface area contributed by atoms with Crippen LogP contribution in [0.15, 0.2) is 18.2 Å². The molecule has 1 aromatic rings. The highest BCUT2D eigenvalue weighted by molar-refractivity contribution is 6.05. The molecule has 1 aromatic carbocycles. The molecule has 2 N–H and O–H groups in total. The molecule has 2 fully saturated rings. The Morgan fingerprint density at radius 1 is 1.23 bits per heavy atom. The topological polar surface area (TPSA) is 64.7 Å². The minimum atomic E-state index is -0.207. The summed E-state index contributed by atoms with van der Waals surface area (Å²) in [5.41, 5.74) is 2.30. The van der Waals surface area contributed by atoms with Crippen LogP contribution >= 0.6 is 12.4 Å². The molecule has 2 bridgehead atoms. The number of hydrogen-bond acceptors (Lipinski definition) is 4. The number of carbonyl (C=O) groups is 2. The van der Waals surface area contributed by atoms with Gasteiger partial charge in [0, 0.05) is 37.8 Å². The van der Waals surface area contributed by atoms with E-state index < -0.39 is 0 Å². The summed E-state index contributed by atoms with van der Waals surface area (Å²) in [6, 6.07) is 6.80. The average molecular weight is 379 g/mol. The third kappa shape index (κ3) is 3.16. The first-order valence-electron chi connectivity index (χ1n) is 9.15. The standard InChI is InChI=1S/C19H26N4O2.ClH/c1-11-18(24)21-16-8-12(4-7-17(16)22(11)2)19(25)23(3)15-9-13-5-6-14(10-15)20-13;/h4,7-8,11,13-15,20H,5-6,9-10H2,1-3H3,(H,21,24);1H. The Balaban J connectivity index is 0.00000196.